The molecule has 1 N–H and O–H groups in total. The number of carbonyl (C=O) groups excluding carboxylic acids is 1. The number of benzene rings is 1. The average Bonchev–Trinajstić information content (AvgIpc) is 3.12. The van der Waals surface area contributed by atoms with Gasteiger partial charge >= 0.3 is 6.03 Å². The zero-order chi connectivity index (χ0) is 15.5. The van der Waals surface area contributed by atoms with Crippen molar-refractivity contribution in [3.8, 4) is 5.75 Å². The molecule has 0 bridgehead atoms. The molecule has 1 aromatic heterocycles. The van der Waals surface area contributed by atoms with Gasteiger partial charge in [0.1, 0.15) is 11.5 Å². The van der Waals surface area contributed by atoms with Gasteiger partial charge in [0, 0.05) is 32.1 Å². The summed E-state index contributed by atoms with van der Waals surface area (Å²) in [5, 5.41) is 6.74. The Bertz CT molecular complexity index is 681. The molecule has 0 saturated heterocycles. The Labute approximate surface area is 129 Å². The van der Waals surface area contributed by atoms with Crippen LogP contribution in [0.15, 0.2) is 28.8 Å². The van der Waals surface area contributed by atoms with Crippen LogP contribution in [0.1, 0.15) is 22.6 Å². The van der Waals surface area contributed by atoms with Gasteiger partial charge in [0.05, 0.1) is 12.8 Å². The van der Waals surface area contributed by atoms with Gasteiger partial charge in [-0.1, -0.05) is 11.2 Å². The number of rotatable bonds is 4. The number of ether oxygens (including phenoxy) is 1. The first-order valence-electron chi connectivity index (χ1n) is 7.26. The van der Waals surface area contributed by atoms with Crippen LogP contribution in [0.2, 0.25) is 0 Å². The van der Waals surface area contributed by atoms with E-state index in [1.807, 2.05) is 31.2 Å². The normalized spacial score (nSPS) is 13.1. The van der Waals surface area contributed by atoms with E-state index in [0.29, 0.717) is 26.1 Å². The summed E-state index contributed by atoms with van der Waals surface area (Å²) in [6.45, 7) is 3.65. The lowest BCUT2D eigenvalue weighted by atomic mass is 10.1. The molecule has 2 amide bonds. The van der Waals surface area contributed by atoms with Crippen LogP contribution in [-0.2, 0) is 19.5 Å². The molecule has 0 saturated carbocycles. The molecule has 0 unspecified atom stereocenters. The Balaban J connectivity index is 1.51. The number of nitrogens with zero attached hydrogens (tertiary/aromatic N) is 2. The summed E-state index contributed by atoms with van der Waals surface area (Å²) in [5.74, 6) is 1.61. The smallest absolute Gasteiger partial charge is 0.318 e. The molecule has 22 heavy (non-hydrogen) atoms. The minimum absolute atomic E-state index is 0.0635. The van der Waals surface area contributed by atoms with Crippen molar-refractivity contribution in [1.82, 2.24) is 15.4 Å². The molecule has 0 aliphatic carbocycles. The summed E-state index contributed by atoms with van der Waals surface area (Å²) in [4.78, 5) is 14.0. The number of aryl methyl sites for hydroxylation is 1. The van der Waals surface area contributed by atoms with Crippen molar-refractivity contribution in [3.05, 3.63) is 46.8 Å². The number of hydrogen-bond acceptors (Lipinski definition) is 4. The van der Waals surface area contributed by atoms with Gasteiger partial charge in [-0.2, -0.15) is 0 Å². The number of carbonyl (C=O) groups is 1. The maximum absolute atomic E-state index is 12.2. The van der Waals surface area contributed by atoms with Crippen molar-refractivity contribution in [2.45, 2.75) is 26.4 Å². The molecule has 0 spiro atoms. The van der Waals surface area contributed by atoms with Crippen LogP contribution in [0.3, 0.4) is 0 Å². The lowest BCUT2D eigenvalue weighted by Crippen LogP contribution is -2.37. The van der Waals surface area contributed by atoms with Crippen molar-refractivity contribution in [3.63, 3.8) is 0 Å². The number of methoxy groups -OCH3 is 1. The fraction of sp³-hybridized carbons (Fsp3) is 0.375. The highest BCUT2D eigenvalue weighted by atomic mass is 16.5. The Morgan fingerprint density at radius 1 is 1.36 bits per heavy atom. The van der Waals surface area contributed by atoms with Crippen molar-refractivity contribution in [2.75, 3.05) is 13.7 Å². The molecule has 1 aliphatic rings. The molecule has 116 valence electrons. The zero-order valence-electron chi connectivity index (χ0n) is 12.8. The fourth-order valence-electron chi connectivity index (χ4n) is 2.58. The van der Waals surface area contributed by atoms with E-state index < -0.39 is 0 Å². The second-order valence-electron chi connectivity index (χ2n) is 5.41. The van der Waals surface area contributed by atoms with Crippen LogP contribution < -0.4 is 10.1 Å². The van der Waals surface area contributed by atoms with Crippen LogP contribution in [0.5, 0.6) is 5.75 Å². The molecule has 0 fully saturated rings. The van der Waals surface area contributed by atoms with E-state index in [1.54, 1.807) is 12.0 Å². The minimum atomic E-state index is -0.0635. The first-order chi connectivity index (χ1) is 10.7. The molecule has 6 nitrogen and oxygen atoms in total. The monoisotopic (exact) mass is 301 g/mol. The number of fused-ring (bicyclic) bond motifs is 1. The van der Waals surface area contributed by atoms with Gasteiger partial charge in [-0.3, -0.25) is 0 Å². The number of hydrogen-bond donors (Lipinski definition) is 1. The topological polar surface area (TPSA) is 67.6 Å². The van der Waals surface area contributed by atoms with Crippen LogP contribution in [-0.4, -0.2) is 29.7 Å². The highest BCUT2D eigenvalue weighted by Gasteiger charge is 2.23. The predicted octanol–water partition coefficient (Wildman–Crippen LogP) is 2.26. The Morgan fingerprint density at radius 3 is 2.91 bits per heavy atom. The third-order valence-electron chi connectivity index (χ3n) is 3.75. The van der Waals surface area contributed by atoms with Gasteiger partial charge in [-0.25, -0.2) is 4.79 Å². The third kappa shape index (κ3) is 3.05. The molecular weight excluding hydrogens is 282 g/mol. The lowest BCUT2D eigenvalue weighted by molar-refractivity contribution is 0.198. The van der Waals surface area contributed by atoms with E-state index in [2.05, 4.69) is 10.5 Å². The molecule has 2 heterocycles. The minimum Gasteiger partial charge on any atom is -0.497 e. The highest BCUT2D eigenvalue weighted by molar-refractivity contribution is 5.75. The maximum atomic E-state index is 12.2. The van der Waals surface area contributed by atoms with Gasteiger partial charge < -0.3 is 19.5 Å². The largest absolute Gasteiger partial charge is 0.497 e. The van der Waals surface area contributed by atoms with Crippen LogP contribution >= 0.6 is 0 Å². The quantitative estimate of drug-likeness (QED) is 0.940. The van der Waals surface area contributed by atoms with E-state index in [1.165, 1.54) is 5.56 Å². The Hall–Kier alpha value is -2.50. The molecule has 6 heteroatoms. The van der Waals surface area contributed by atoms with E-state index in [0.717, 1.165) is 22.8 Å². The second-order valence-corrected chi connectivity index (χ2v) is 5.41. The van der Waals surface area contributed by atoms with E-state index in [-0.39, 0.29) is 6.03 Å². The second kappa shape index (κ2) is 6.09. The maximum Gasteiger partial charge on any atom is 0.318 e. The van der Waals surface area contributed by atoms with Crippen LogP contribution in [0, 0.1) is 6.92 Å². The molecule has 3 rings (SSSR count). The summed E-state index contributed by atoms with van der Waals surface area (Å²) < 4.78 is 10.3. The first kappa shape index (κ1) is 14.4. The molecular formula is C16H19N3O3. The van der Waals surface area contributed by atoms with Gasteiger partial charge in [0.25, 0.3) is 0 Å². The Kier molecular flexibility index (Phi) is 4.00. The number of nitrogens with one attached hydrogen (secondary N) is 1. The zero-order valence-corrected chi connectivity index (χ0v) is 12.8. The molecule has 0 radical (unpaired) electrons. The predicted molar refractivity (Wildman–Crippen MR) is 80.6 cm³/mol. The summed E-state index contributed by atoms with van der Waals surface area (Å²) in [6.07, 6.45) is 0.640. The summed E-state index contributed by atoms with van der Waals surface area (Å²) >= 11 is 0. The van der Waals surface area contributed by atoms with Gasteiger partial charge in [-0.05, 0) is 30.2 Å². The Morgan fingerprint density at radius 2 is 2.18 bits per heavy atom. The van der Waals surface area contributed by atoms with Gasteiger partial charge in [0.15, 0.2) is 0 Å². The number of aromatic nitrogens is 1. The van der Waals surface area contributed by atoms with Crippen LogP contribution in [0.4, 0.5) is 4.79 Å². The standard InChI is InChI=1S/C16H19N3O3/c1-11-7-15(22-18-11)5-6-17-16(20)19-9-12-3-4-14(21-2)8-13(12)10-19/h3-4,7-8H,5-6,9-10H2,1-2H3,(H,17,20). The molecule has 1 aromatic carbocycles. The number of urea groups is 1. The number of amides is 2. The van der Waals surface area contributed by atoms with Crippen molar-refractivity contribution < 1.29 is 14.1 Å². The van der Waals surface area contributed by atoms with Crippen LogP contribution in [0.25, 0.3) is 0 Å². The molecule has 0 atom stereocenters. The average molecular weight is 301 g/mol. The lowest BCUT2D eigenvalue weighted by Gasteiger charge is -2.15. The summed E-state index contributed by atoms with van der Waals surface area (Å²) in [5.41, 5.74) is 3.16. The molecule has 1 aliphatic heterocycles. The van der Waals surface area contributed by atoms with Gasteiger partial charge in [0.2, 0.25) is 0 Å². The van der Waals surface area contributed by atoms with E-state index in [9.17, 15) is 4.79 Å². The third-order valence-corrected chi connectivity index (χ3v) is 3.75. The summed E-state index contributed by atoms with van der Waals surface area (Å²) in [7, 11) is 1.65. The van der Waals surface area contributed by atoms with E-state index >= 15 is 0 Å². The van der Waals surface area contributed by atoms with E-state index in [4.69, 9.17) is 9.26 Å². The fourth-order valence-corrected chi connectivity index (χ4v) is 2.58. The van der Waals surface area contributed by atoms with Crippen molar-refractivity contribution >= 4 is 6.03 Å². The summed E-state index contributed by atoms with van der Waals surface area (Å²) in [6, 6.07) is 7.74. The highest BCUT2D eigenvalue weighted by Crippen LogP contribution is 2.26. The van der Waals surface area contributed by atoms with Crippen molar-refractivity contribution in [1.29, 1.82) is 0 Å². The van der Waals surface area contributed by atoms with Gasteiger partial charge in [-0.15, -0.1) is 0 Å². The van der Waals surface area contributed by atoms with Crippen molar-refractivity contribution in [2.24, 2.45) is 0 Å². The molecule has 2 aromatic rings. The first-order valence-corrected chi connectivity index (χ1v) is 7.26. The SMILES string of the molecule is COc1ccc2c(c1)CN(C(=O)NCCc1cc(C)no1)C2.